The monoisotopic (exact) mass is 423 g/mol. The third-order valence-corrected chi connectivity index (χ3v) is 5.42. The fourth-order valence-electron chi connectivity index (χ4n) is 3.52. The number of methoxy groups -OCH3 is 1. The molecule has 0 fully saturated rings. The molecule has 0 saturated carbocycles. The molecule has 154 valence electrons. The summed E-state index contributed by atoms with van der Waals surface area (Å²) in [5.74, 6) is 1.95. The van der Waals surface area contributed by atoms with Crippen molar-refractivity contribution < 1.29 is 14.1 Å². The second kappa shape index (κ2) is 7.95. The van der Waals surface area contributed by atoms with Crippen LogP contribution < -0.4 is 4.74 Å². The predicted octanol–water partition coefficient (Wildman–Crippen LogP) is 5.40. The summed E-state index contributed by atoms with van der Waals surface area (Å²) in [7, 11) is 1.62. The number of ether oxygens (including phenoxy) is 1. The summed E-state index contributed by atoms with van der Waals surface area (Å²) in [5.41, 5.74) is 3.13. The van der Waals surface area contributed by atoms with Gasteiger partial charge in [0, 0.05) is 27.6 Å². The van der Waals surface area contributed by atoms with E-state index in [9.17, 15) is 4.79 Å². The zero-order valence-corrected chi connectivity index (χ0v) is 18.0. The van der Waals surface area contributed by atoms with E-state index in [1.807, 2.05) is 39.0 Å². The fraction of sp³-hybridized carbons (Fsp3) is 0.261. The summed E-state index contributed by atoms with van der Waals surface area (Å²) in [6, 6.07) is 12.6. The molecule has 30 heavy (non-hydrogen) atoms. The molecule has 0 radical (unpaired) electrons. The molecule has 2 aromatic heterocycles. The number of hydrogen-bond donors (Lipinski definition) is 0. The van der Waals surface area contributed by atoms with Crippen molar-refractivity contribution in [2.24, 2.45) is 0 Å². The zero-order chi connectivity index (χ0) is 21.4. The van der Waals surface area contributed by atoms with Crippen molar-refractivity contribution in [1.82, 2.24) is 14.7 Å². The topological polar surface area (TPSA) is 70.2 Å². The molecule has 2 heterocycles. The number of carbonyl (C=O) groups is 1. The molecule has 0 aliphatic rings. The van der Waals surface area contributed by atoms with Gasteiger partial charge in [0.15, 0.2) is 5.82 Å². The Morgan fingerprint density at radius 2 is 1.93 bits per heavy atom. The molecule has 0 bridgehead atoms. The van der Waals surface area contributed by atoms with Crippen LogP contribution in [-0.4, -0.2) is 27.7 Å². The van der Waals surface area contributed by atoms with Crippen LogP contribution in [0.15, 0.2) is 47.0 Å². The highest BCUT2D eigenvalue weighted by Gasteiger charge is 2.22. The van der Waals surface area contributed by atoms with Crippen molar-refractivity contribution in [3.05, 3.63) is 76.0 Å². The predicted molar refractivity (Wildman–Crippen MR) is 116 cm³/mol. The van der Waals surface area contributed by atoms with Crippen LogP contribution in [0.25, 0.3) is 10.9 Å². The summed E-state index contributed by atoms with van der Waals surface area (Å²) in [4.78, 5) is 17.8. The smallest absolute Gasteiger partial charge is 0.262 e. The first kappa shape index (κ1) is 20.2. The first-order valence-corrected chi connectivity index (χ1v) is 10.1. The molecule has 0 aliphatic carbocycles. The lowest BCUT2D eigenvalue weighted by Crippen LogP contribution is -2.13. The quantitative estimate of drug-likeness (QED) is 0.430. The molecule has 7 heteroatoms. The average molecular weight is 424 g/mol. The van der Waals surface area contributed by atoms with Crippen molar-refractivity contribution in [2.75, 3.05) is 7.11 Å². The minimum absolute atomic E-state index is 0.126. The molecule has 2 aromatic carbocycles. The van der Waals surface area contributed by atoms with Crippen LogP contribution in [-0.2, 0) is 6.42 Å². The van der Waals surface area contributed by atoms with Crippen molar-refractivity contribution >= 4 is 28.4 Å². The molecule has 0 spiro atoms. The van der Waals surface area contributed by atoms with Crippen LogP contribution >= 0.6 is 11.6 Å². The van der Waals surface area contributed by atoms with E-state index in [-0.39, 0.29) is 11.8 Å². The number of nitrogens with zero attached hydrogens (tertiary/aromatic N) is 3. The third-order valence-electron chi connectivity index (χ3n) is 5.16. The van der Waals surface area contributed by atoms with E-state index in [4.69, 9.17) is 20.9 Å². The SMILES string of the molecule is COc1ccc2c(c1)c(Cc1nc(C(C)C)no1)c(C)n2C(=O)c1ccc(Cl)cc1. The highest BCUT2D eigenvalue weighted by molar-refractivity contribution is 6.30. The van der Waals surface area contributed by atoms with Crippen LogP contribution in [0, 0.1) is 6.92 Å². The maximum absolute atomic E-state index is 13.3. The lowest BCUT2D eigenvalue weighted by atomic mass is 10.1. The minimum Gasteiger partial charge on any atom is -0.497 e. The molecular weight excluding hydrogens is 402 g/mol. The Bertz CT molecular complexity index is 1220. The molecule has 0 aliphatic heterocycles. The van der Waals surface area contributed by atoms with Crippen LogP contribution in [0.1, 0.15) is 53.1 Å². The van der Waals surface area contributed by atoms with Gasteiger partial charge >= 0.3 is 0 Å². The van der Waals surface area contributed by atoms with Gasteiger partial charge in [0.05, 0.1) is 19.0 Å². The number of benzene rings is 2. The van der Waals surface area contributed by atoms with Crippen LogP contribution in [0.2, 0.25) is 5.02 Å². The summed E-state index contributed by atoms with van der Waals surface area (Å²) < 4.78 is 12.6. The van der Waals surface area contributed by atoms with Gasteiger partial charge in [-0.05, 0) is 55.0 Å². The van der Waals surface area contributed by atoms with Gasteiger partial charge in [-0.25, -0.2) is 0 Å². The van der Waals surface area contributed by atoms with Crippen LogP contribution in [0.3, 0.4) is 0 Å². The van der Waals surface area contributed by atoms with Crippen molar-refractivity contribution in [3.63, 3.8) is 0 Å². The lowest BCUT2D eigenvalue weighted by Gasteiger charge is -2.08. The summed E-state index contributed by atoms with van der Waals surface area (Å²) in [5, 5.41) is 5.56. The van der Waals surface area contributed by atoms with Crippen molar-refractivity contribution in [3.8, 4) is 5.75 Å². The van der Waals surface area contributed by atoms with E-state index < -0.39 is 0 Å². The van der Waals surface area contributed by atoms with E-state index in [0.717, 1.165) is 22.2 Å². The summed E-state index contributed by atoms with van der Waals surface area (Å²) >= 11 is 5.99. The van der Waals surface area contributed by atoms with E-state index in [1.165, 1.54) is 0 Å². The summed E-state index contributed by atoms with van der Waals surface area (Å²) in [6.07, 6.45) is 0.427. The number of hydrogen-bond acceptors (Lipinski definition) is 5. The molecule has 0 saturated heterocycles. The Morgan fingerprint density at radius 3 is 2.57 bits per heavy atom. The maximum atomic E-state index is 13.3. The van der Waals surface area contributed by atoms with Crippen molar-refractivity contribution in [2.45, 2.75) is 33.1 Å². The highest BCUT2D eigenvalue weighted by Crippen LogP contribution is 2.32. The van der Waals surface area contributed by atoms with Crippen LogP contribution in [0.5, 0.6) is 5.75 Å². The number of halogens is 1. The molecule has 4 rings (SSSR count). The van der Waals surface area contributed by atoms with E-state index in [1.54, 1.807) is 35.9 Å². The Morgan fingerprint density at radius 1 is 1.20 bits per heavy atom. The van der Waals surface area contributed by atoms with Gasteiger partial charge in [0.1, 0.15) is 5.75 Å². The number of aromatic nitrogens is 3. The van der Waals surface area contributed by atoms with E-state index >= 15 is 0 Å². The van der Waals surface area contributed by atoms with Gasteiger partial charge < -0.3 is 9.26 Å². The van der Waals surface area contributed by atoms with Gasteiger partial charge in [-0.3, -0.25) is 9.36 Å². The Kier molecular flexibility index (Phi) is 5.35. The molecule has 6 nitrogen and oxygen atoms in total. The number of carbonyl (C=O) groups excluding carboxylic acids is 1. The Hall–Kier alpha value is -3.12. The van der Waals surface area contributed by atoms with Crippen LogP contribution in [0.4, 0.5) is 0 Å². The second-order valence-corrected chi connectivity index (χ2v) is 7.91. The minimum atomic E-state index is -0.126. The van der Waals surface area contributed by atoms with E-state index in [0.29, 0.717) is 34.5 Å². The average Bonchev–Trinajstić information content (AvgIpc) is 3.31. The molecule has 0 unspecified atom stereocenters. The third kappa shape index (κ3) is 3.59. The normalized spacial score (nSPS) is 11.4. The molecule has 0 N–H and O–H groups in total. The van der Waals surface area contributed by atoms with Gasteiger partial charge in [0.25, 0.3) is 5.91 Å². The Labute approximate surface area is 179 Å². The van der Waals surface area contributed by atoms with Gasteiger partial charge in [-0.1, -0.05) is 30.6 Å². The first-order valence-electron chi connectivity index (χ1n) is 9.69. The Balaban J connectivity index is 1.85. The molecule has 0 atom stereocenters. The summed E-state index contributed by atoms with van der Waals surface area (Å²) in [6.45, 7) is 5.96. The van der Waals surface area contributed by atoms with Gasteiger partial charge in [-0.2, -0.15) is 4.98 Å². The van der Waals surface area contributed by atoms with Crippen molar-refractivity contribution in [1.29, 1.82) is 0 Å². The zero-order valence-electron chi connectivity index (χ0n) is 17.3. The number of fused-ring (bicyclic) bond motifs is 1. The van der Waals surface area contributed by atoms with Gasteiger partial charge in [-0.15, -0.1) is 0 Å². The number of rotatable bonds is 5. The molecular formula is C23H22ClN3O3. The fourth-order valence-corrected chi connectivity index (χ4v) is 3.65. The van der Waals surface area contributed by atoms with Gasteiger partial charge in [0.2, 0.25) is 5.89 Å². The molecule has 0 amide bonds. The second-order valence-electron chi connectivity index (χ2n) is 7.47. The molecule has 4 aromatic rings. The lowest BCUT2D eigenvalue weighted by molar-refractivity contribution is 0.0963. The highest BCUT2D eigenvalue weighted by atomic mass is 35.5. The maximum Gasteiger partial charge on any atom is 0.262 e. The largest absolute Gasteiger partial charge is 0.497 e. The standard InChI is InChI=1S/C23H22ClN3O3/c1-13(2)22-25-21(30-26-22)12-18-14(3)27(20-10-9-17(29-4)11-19(18)20)23(28)15-5-7-16(24)8-6-15/h5-11,13H,12H2,1-4H3. The first-order chi connectivity index (χ1) is 14.4. The van der Waals surface area contributed by atoms with E-state index in [2.05, 4.69) is 10.1 Å².